The van der Waals surface area contributed by atoms with E-state index in [0.717, 1.165) is 10.2 Å². The molecule has 0 fully saturated rings. The summed E-state index contributed by atoms with van der Waals surface area (Å²) >= 11 is 2.45. The summed E-state index contributed by atoms with van der Waals surface area (Å²) in [6.45, 7) is 1.98. The Kier molecular flexibility index (Phi) is 1.66. The quantitative estimate of drug-likeness (QED) is 0.498. The zero-order valence-electron chi connectivity index (χ0n) is 4.63. The van der Waals surface area contributed by atoms with Crippen molar-refractivity contribution in [3.05, 3.63) is 24.0 Å². The van der Waals surface area contributed by atoms with Gasteiger partial charge in [0, 0.05) is 0 Å². The van der Waals surface area contributed by atoms with Crippen molar-refractivity contribution in [2.75, 3.05) is 0 Å². The summed E-state index contributed by atoms with van der Waals surface area (Å²) in [5.74, 6) is 0. The normalized spacial score (nSPS) is 9.25. The van der Waals surface area contributed by atoms with Crippen molar-refractivity contribution in [1.29, 1.82) is 0 Å². The van der Waals surface area contributed by atoms with Crippen molar-refractivity contribution in [1.82, 2.24) is 4.98 Å². The number of pyridine rings is 1. The maximum absolute atomic E-state index is 4.06. The van der Waals surface area contributed by atoms with Gasteiger partial charge in [-0.3, -0.25) is 0 Å². The van der Waals surface area contributed by atoms with Gasteiger partial charge in [-0.1, -0.05) is 0 Å². The van der Waals surface area contributed by atoms with E-state index >= 15 is 0 Å². The van der Waals surface area contributed by atoms with Crippen LogP contribution >= 0.6 is 0 Å². The predicted molar refractivity (Wildman–Crippen MR) is 35.8 cm³/mol. The van der Waals surface area contributed by atoms with Crippen LogP contribution in [0.1, 0.15) is 5.69 Å². The molecule has 0 spiro atoms. The molecule has 0 aliphatic heterocycles. The molecule has 2 heteroatoms. The first kappa shape index (κ1) is 5.80. The molecule has 1 nitrogen and oxygen atoms in total. The van der Waals surface area contributed by atoms with Gasteiger partial charge in [0.2, 0.25) is 0 Å². The standard InChI is InChI=1S/C6H7NSe/c1-5-2-3-6(8)4-7-5/h2-4,8H,1H3. The maximum atomic E-state index is 4.06. The van der Waals surface area contributed by atoms with Crippen LogP contribution in [-0.4, -0.2) is 21.0 Å². The Morgan fingerprint density at radius 2 is 2.25 bits per heavy atom. The Labute approximate surface area is 57.0 Å². The van der Waals surface area contributed by atoms with E-state index in [0.29, 0.717) is 0 Å². The Morgan fingerprint density at radius 3 is 2.62 bits per heavy atom. The van der Waals surface area contributed by atoms with Crippen molar-refractivity contribution in [2.45, 2.75) is 6.92 Å². The van der Waals surface area contributed by atoms with Gasteiger partial charge in [-0.05, 0) is 0 Å². The Morgan fingerprint density at radius 1 is 1.50 bits per heavy atom. The van der Waals surface area contributed by atoms with Gasteiger partial charge in [0.05, 0.1) is 0 Å². The van der Waals surface area contributed by atoms with Crippen molar-refractivity contribution in [2.24, 2.45) is 0 Å². The summed E-state index contributed by atoms with van der Waals surface area (Å²) in [5.41, 5.74) is 1.07. The zero-order valence-corrected chi connectivity index (χ0v) is 6.50. The molecule has 1 aromatic rings. The average Bonchev–Trinajstić information content (AvgIpc) is 1.77. The molecule has 0 bridgehead atoms. The van der Waals surface area contributed by atoms with Crippen molar-refractivity contribution < 1.29 is 0 Å². The van der Waals surface area contributed by atoms with Gasteiger partial charge in [-0.25, -0.2) is 0 Å². The molecule has 0 atom stereocenters. The van der Waals surface area contributed by atoms with Gasteiger partial charge in [-0.2, -0.15) is 0 Å². The monoisotopic (exact) mass is 173 g/mol. The van der Waals surface area contributed by atoms with Crippen LogP contribution in [-0.2, 0) is 0 Å². The third-order valence-electron chi connectivity index (χ3n) is 0.896. The molecule has 0 unspecified atom stereocenters. The first-order valence-corrected chi connectivity index (χ1v) is 3.34. The van der Waals surface area contributed by atoms with Gasteiger partial charge in [0.1, 0.15) is 0 Å². The van der Waals surface area contributed by atoms with Crippen LogP contribution in [0, 0.1) is 6.92 Å². The molecular weight excluding hydrogens is 165 g/mol. The number of aryl methyl sites for hydroxylation is 1. The number of aromatic nitrogens is 1. The fourth-order valence-corrected chi connectivity index (χ4v) is 0.738. The molecule has 0 amide bonds. The molecule has 0 aromatic carbocycles. The van der Waals surface area contributed by atoms with Crippen LogP contribution in [0.2, 0.25) is 0 Å². The second-order valence-corrected chi connectivity index (χ2v) is 2.74. The zero-order chi connectivity index (χ0) is 5.98. The molecule has 8 heavy (non-hydrogen) atoms. The van der Waals surface area contributed by atoms with Gasteiger partial charge in [-0.15, -0.1) is 0 Å². The van der Waals surface area contributed by atoms with E-state index in [1.165, 1.54) is 0 Å². The van der Waals surface area contributed by atoms with Gasteiger partial charge < -0.3 is 0 Å². The minimum atomic E-state index is 1.07. The summed E-state index contributed by atoms with van der Waals surface area (Å²) in [5, 5.41) is 0. The van der Waals surface area contributed by atoms with Crippen molar-refractivity contribution in [3.63, 3.8) is 0 Å². The molecule has 0 radical (unpaired) electrons. The molecule has 1 aromatic heterocycles. The van der Waals surface area contributed by atoms with E-state index in [2.05, 4.69) is 21.0 Å². The third-order valence-corrected chi connectivity index (χ3v) is 1.45. The summed E-state index contributed by atoms with van der Waals surface area (Å²) in [4.78, 5) is 4.06. The van der Waals surface area contributed by atoms with Gasteiger partial charge in [0.15, 0.2) is 0 Å². The van der Waals surface area contributed by atoms with E-state index < -0.39 is 0 Å². The van der Waals surface area contributed by atoms with Crippen LogP contribution in [0.15, 0.2) is 18.3 Å². The molecule has 1 rings (SSSR count). The predicted octanol–water partition coefficient (Wildman–Crippen LogP) is -0.0839. The van der Waals surface area contributed by atoms with Gasteiger partial charge in [0.25, 0.3) is 0 Å². The van der Waals surface area contributed by atoms with E-state index in [1.807, 2.05) is 25.3 Å². The number of hydrogen-bond acceptors (Lipinski definition) is 1. The fourth-order valence-electron chi connectivity index (χ4n) is 0.460. The second kappa shape index (κ2) is 2.29. The summed E-state index contributed by atoms with van der Waals surface area (Å²) < 4.78 is 1.16. The van der Waals surface area contributed by atoms with Crippen LogP contribution < -0.4 is 4.46 Å². The first-order valence-electron chi connectivity index (χ1n) is 2.40. The van der Waals surface area contributed by atoms with Crippen LogP contribution in [0.4, 0.5) is 0 Å². The Bertz CT molecular complexity index is 147. The molecular formula is C6H7NSe. The number of hydrogen-bond donors (Lipinski definition) is 0. The first-order chi connectivity index (χ1) is 3.79. The molecule has 0 saturated carbocycles. The molecule has 42 valence electrons. The number of rotatable bonds is 0. The molecule has 0 aliphatic carbocycles. The number of nitrogens with zero attached hydrogens (tertiary/aromatic N) is 1. The van der Waals surface area contributed by atoms with Crippen LogP contribution in [0.5, 0.6) is 0 Å². The average molecular weight is 172 g/mol. The second-order valence-electron chi connectivity index (χ2n) is 1.66. The van der Waals surface area contributed by atoms with E-state index in [-0.39, 0.29) is 0 Å². The van der Waals surface area contributed by atoms with E-state index in [4.69, 9.17) is 0 Å². The van der Waals surface area contributed by atoms with E-state index in [1.54, 1.807) is 0 Å². The Hall–Kier alpha value is -0.331. The van der Waals surface area contributed by atoms with Crippen LogP contribution in [0.3, 0.4) is 0 Å². The van der Waals surface area contributed by atoms with Crippen molar-refractivity contribution in [3.8, 4) is 0 Å². The van der Waals surface area contributed by atoms with Crippen molar-refractivity contribution >= 4 is 20.5 Å². The van der Waals surface area contributed by atoms with E-state index in [9.17, 15) is 0 Å². The summed E-state index contributed by atoms with van der Waals surface area (Å²) in [7, 11) is 0. The molecule has 0 saturated heterocycles. The Balaban J connectivity index is 3.03. The fraction of sp³-hybridized carbons (Fsp3) is 0.167. The molecule has 0 N–H and O–H groups in total. The summed E-state index contributed by atoms with van der Waals surface area (Å²) in [6, 6.07) is 4.02. The summed E-state index contributed by atoms with van der Waals surface area (Å²) in [6.07, 6.45) is 1.84. The topological polar surface area (TPSA) is 12.9 Å². The minimum absolute atomic E-state index is 1.07. The SMILES string of the molecule is Cc1ccc([SeH])cn1. The van der Waals surface area contributed by atoms with Crippen LogP contribution in [0.25, 0.3) is 0 Å². The van der Waals surface area contributed by atoms with Gasteiger partial charge >= 0.3 is 56.4 Å². The third kappa shape index (κ3) is 1.32. The molecule has 1 heterocycles. The molecule has 0 aliphatic rings.